The van der Waals surface area contributed by atoms with Gasteiger partial charge in [-0.25, -0.2) is 0 Å². The Hall–Kier alpha value is -0.530. The molecule has 0 N–H and O–H groups in total. The summed E-state index contributed by atoms with van der Waals surface area (Å²) in [6.07, 6.45) is 31.1. The van der Waals surface area contributed by atoms with Gasteiger partial charge >= 0.3 is 5.97 Å². The summed E-state index contributed by atoms with van der Waals surface area (Å²) in [7, 11) is 0. The third kappa shape index (κ3) is 24.1. The smallest absolute Gasteiger partial charge is 0.305 e. The molecule has 2 nitrogen and oxygen atoms in total. The molecule has 1 unspecified atom stereocenters. The van der Waals surface area contributed by atoms with E-state index in [2.05, 4.69) is 20.8 Å². The van der Waals surface area contributed by atoms with Crippen LogP contribution in [0.2, 0.25) is 0 Å². The predicted molar refractivity (Wildman–Crippen MR) is 142 cm³/mol. The molecule has 1 atom stereocenters. The minimum absolute atomic E-state index is 0.0332. The fourth-order valence-corrected chi connectivity index (χ4v) is 4.67. The van der Waals surface area contributed by atoms with Crippen LogP contribution in [0.25, 0.3) is 0 Å². The van der Waals surface area contributed by atoms with Crippen LogP contribution in [-0.2, 0) is 9.53 Å². The van der Waals surface area contributed by atoms with Crippen LogP contribution in [0.1, 0.15) is 175 Å². The van der Waals surface area contributed by atoms with Crippen LogP contribution in [0.15, 0.2) is 0 Å². The second kappa shape index (κ2) is 26.7. The molecule has 0 saturated heterocycles. The normalized spacial score (nSPS) is 12.2. The van der Waals surface area contributed by atoms with E-state index in [1.165, 1.54) is 135 Å². The quantitative estimate of drug-likeness (QED) is 0.0963. The predicted octanol–water partition coefficient (Wildman–Crippen LogP) is 10.6. The van der Waals surface area contributed by atoms with Gasteiger partial charge in [0.25, 0.3) is 0 Å². The molecule has 0 aliphatic rings. The summed E-state index contributed by atoms with van der Waals surface area (Å²) < 4.78 is 5.60. The first-order valence-corrected chi connectivity index (χ1v) is 14.9. The molecule has 0 spiro atoms. The molecule has 0 radical (unpaired) electrons. The molecular formula is C30H60O2. The van der Waals surface area contributed by atoms with E-state index in [4.69, 9.17) is 4.74 Å². The van der Waals surface area contributed by atoms with E-state index in [9.17, 15) is 4.79 Å². The minimum Gasteiger partial charge on any atom is -0.466 e. The number of esters is 1. The number of carbonyl (C=O) groups is 1. The van der Waals surface area contributed by atoms with Gasteiger partial charge in [-0.15, -0.1) is 0 Å². The van der Waals surface area contributed by atoms with E-state index in [1.807, 2.05) is 0 Å². The molecule has 192 valence electrons. The van der Waals surface area contributed by atoms with Crippen LogP contribution in [0, 0.1) is 5.92 Å². The summed E-state index contributed by atoms with van der Waals surface area (Å²) in [6.45, 7) is 7.46. The molecule has 0 aromatic heterocycles. The largest absolute Gasteiger partial charge is 0.466 e. The highest BCUT2D eigenvalue weighted by molar-refractivity contribution is 5.69. The van der Waals surface area contributed by atoms with Crippen LogP contribution in [0.5, 0.6) is 0 Å². The first-order chi connectivity index (χ1) is 15.7. The summed E-state index contributed by atoms with van der Waals surface area (Å²) >= 11 is 0. The summed E-state index contributed by atoms with van der Waals surface area (Å²) in [6, 6.07) is 0. The van der Waals surface area contributed by atoms with Gasteiger partial charge in [0.2, 0.25) is 0 Å². The number of unbranched alkanes of at least 4 members (excludes halogenated alkanes) is 17. The van der Waals surface area contributed by atoms with E-state index in [0.29, 0.717) is 13.0 Å². The van der Waals surface area contributed by atoms with Crippen molar-refractivity contribution in [3.05, 3.63) is 0 Å². The molecule has 0 aliphatic heterocycles. The Bertz CT molecular complexity index is 366. The van der Waals surface area contributed by atoms with Gasteiger partial charge in [-0.05, 0) is 18.8 Å². The van der Waals surface area contributed by atoms with Gasteiger partial charge in [0.15, 0.2) is 0 Å². The molecule has 32 heavy (non-hydrogen) atoms. The van der Waals surface area contributed by atoms with Crippen molar-refractivity contribution in [3.63, 3.8) is 0 Å². The average Bonchev–Trinajstić information content (AvgIpc) is 2.79. The number of hydrogen-bond donors (Lipinski definition) is 0. The Balaban J connectivity index is 3.95. The number of ether oxygens (including phenoxy) is 1. The molecule has 0 heterocycles. The first kappa shape index (κ1) is 31.5. The van der Waals surface area contributed by atoms with E-state index in [0.717, 1.165) is 18.8 Å². The van der Waals surface area contributed by atoms with Crippen LogP contribution in [0.3, 0.4) is 0 Å². The molecule has 0 saturated carbocycles. The Morgan fingerprint density at radius 1 is 0.500 bits per heavy atom. The van der Waals surface area contributed by atoms with Gasteiger partial charge in [0, 0.05) is 6.42 Å². The first-order valence-electron chi connectivity index (χ1n) is 14.9. The van der Waals surface area contributed by atoms with E-state index in [-0.39, 0.29) is 5.97 Å². The Kier molecular flexibility index (Phi) is 26.3. The third-order valence-electron chi connectivity index (χ3n) is 6.96. The maximum Gasteiger partial charge on any atom is 0.305 e. The molecule has 0 bridgehead atoms. The van der Waals surface area contributed by atoms with Crippen LogP contribution < -0.4 is 0 Å². The van der Waals surface area contributed by atoms with Crippen molar-refractivity contribution >= 4 is 5.97 Å². The summed E-state index contributed by atoms with van der Waals surface area (Å²) in [5, 5.41) is 0. The molecule has 0 fully saturated rings. The highest BCUT2D eigenvalue weighted by atomic mass is 16.5. The zero-order valence-corrected chi connectivity index (χ0v) is 22.6. The van der Waals surface area contributed by atoms with E-state index < -0.39 is 0 Å². The van der Waals surface area contributed by atoms with Crippen molar-refractivity contribution in [1.29, 1.82) is 0 Å². The van der Waals surface area contributed by atoms with Gasteiger partial charge in [-0.3, -0.25) is 4.79 Å². The topological polar surface area (TPSA) is 26.3 Å². The zero-order chi connectivity index (χ0) is 23.5. The maximum atomic E-state index is 12.1. The van der Waals surface area contributed by atoms with Crippen molar-refractivity contribution in [1.82, 2.24) is 0 Å². The van der Waals surface area contributed by atoms with Crippen LogP contribution >= 0.6 is 0 Å². The number of hydrogen-bond acceptors (Lipinski definition) is 2. The molecule has 0 rings (SSSR count). The van der Waals surface area contributed by atoms with Gasteiger partial charge < -0.3 is 4.74 Å². The van der Waals surface area contributed by atoms with E-state index in [1.54, 1.807) is 0 Å². The van der Waals surface area contributed by atoms with Crippen molar-refractivity contribution in [2.24, 2.45) is 5.92 Å². The Morgan fingerprint density at radius 2 is 0.875 bits per heavy atom. The van der Waals surface area contributed by atoms with Crippen LogP contribution in [0.4, 0.5) is 0 Å². The minimum atomic E-state index is 0.0332. The number of carbonyl (C=O) groups excluding carboxylic acids is 1. The van der Waals surface area contributed by atoms with Crippen molar-refractivity contribution in [3.8, 4) is 0 Å². The van der Waals surface area contributed by atoms with Crippen LogP contribution in [-0.4, -0.2) is 12.6 Å². The Morgan fingerprint density at radius 3 is 1.31 bits per heavy atom. The summed E-state index contributed by atoms with van der Waals surface area (Å²) in [4.78, 5) is 12.1. The van der Waals surface area contributed by atoms with Gasteiger partial charge in [0.05, 0.1) is 6.61 Å². The number of rotatable bonds is 26. The molecule has 0 amide bonds. The molecule has 0 aromatic carbocycles. The monoisotopic (exact) mass is 452 g/mol. The summed E-state index contributed by atoms with van der Waals surface area (Å²) in [5.74, 6) is 0.786. The summed E-state index contributed by atoms with van der Waals surface area (Å²) in [5.41, 5.74) is 0. The third-order valence-corrected chi connectivity index (χ3v) is 6.96. The fraction of sp³-hybridized carbons (Fsp3) is 0.967. The second-order valence-corrected chi connectivity index (χ2v) is 10.2. The lowest BCUT2D eigenvalue weighted by atomic mass is 9.91. The highest BCUT2D eigenvalue weighted by Gasteiger charge is 2.11. The highest BCUT2D eigenvalue weighted by Crippen LogP contribution is 2.22. The van der Waals surface area contributed by atoms with Gasteiger partial charge in [-0.1, -0.05) is 156 Å². The zero-order valence-electron chi connectivity index (χ0n) is 22.6. The fourth-order valence-electron chi connectivity index (χ4n) is 4.67. The van der Waals surface area contributed by atoms with E-state index >= 15 is 0 Å². The molecule has 0 aromatic rings. The Labute approximate surface area is 203 Å². The van der Waals surface area contributed by atoms with Crippen molar-refractivity contribution in [2.45, 2.75) is 175 Å². The lowest BCUT2D eigenvalue weighted by Gasteiger charge is -2.17. The van der Waals surface area contributed by atoms with Crippen molar-refractivity contribution in [2.75, 3.05) is 6.61 Å². The average molecular weight is 453 g/mol. The van der Waals surface area contributed by atoms with Gasteiger partial charge in [0.1, 0.15) is 0 Å². The lowest BCUT2D eigenvalue weighted by Crippen LogP contribution is -2.10. The standard InChI is InChI=1S/C30H60O2/c1-4-7-10-13-16-17-19-22-25-29(24-21-18-14-11-8-5-2)27-28-32-30(31)26-23-20-15-12-9-6-3/h29H,4-28H2,1-3H3. The second-order valence-electron chi connectivity index (χ2n) is 10.2. The molecular weight excluding hydrogens is 392 g/mol. The SMILES string of the molecule is CCCCCCCCCCC(CCCCCCCC)CCOC(=O)CCCCCCCC. The molecule has 2 heteroatoms. The van der Waals surface area contributed by atoms with Crippen molar-refractivity contribution < 1.29 is 9.53 Å². The van der Waals surface area contributed by atoms with Gasteiger partial charge in [-0.2, -0.15) is 0 Å². The molecule has 0 aliphatic carbocycles. The lowest BCUT2D eigenvalue weighted by molar-refractivity contribution is -0.144. The maximum absolute atomic E-state index is 12.1.